The Morgan fingerprint density at radius 2 is 1.03 bits per heavy atom. The van der Waals surface area contributed by atoms with Gasteiger partial charge in [0.15, 0.2) is 0 Å². The van der Waals surface area contributed by atoms with Gasteiger partial charge in [-0.1, -0.05) is 158 Å². The largest absolute Gasteiger partial charge is 0.334 e. The van der Waals surface area contributed by atoms with Crippen LogP contribution in [0.5, 0.6) is 0 Å². The van der Waals surface area contributed by atoms with Crippen molar-refractivity contribution in [3.63, 3.8) is 0 Å². The first-order chi connectivity index (χ1) is 35.5. The molecule has 0 saturated carbocycles. The Balaban J connectivity index is 0.943. The lowest BCUT2D eigenvalue weighted by atomic mass is 9.78. The topological polar surface area (TPSA) is 6.48 Å². The van der Waals surface area contributed by atoms with Gasteiger partial charge in [-0.15, -0.1) is 22.7 Å². The van der Waals surface area contributed by atoms with Gasteiger partial charge in [-0.25, -0.2) is 0 Å². The molecule has 0 radical (unpaired) electrons. The predicted octanol–water partition coefficient (Wildman–Crippen LogP) is 18.1. The van der Waals surface area contributed by atoms with Crippen molar-refractivity contribution in [2.75, 3.05) is 9.80 Å². The van der Waals surface area contributed by atoms with Crippen molar-refractivity contribution in [3.05, 3.63) is 256 Å². The van der Waals surface area contributed by atoms with Crippen molar-refractivity contribution in [1.29, 1.82) is 0 Å². The normalized spacial score (nSPS) is 14.0. The smallest absolute Gasteiger partial charge is 0.0638 e. The lowest BCUT2D eigenvalue weighted by molar-refractivity contribution is 0.688. The lowest BCUT2D eigenvalue weighted by Crippen LogP contribution is -2.29. The van der Waals surface area contributed by atoms with Crippen LogP contribution in [0.15, 0.2) is 218 Å². The number of benzene rings is 10. The van der Waals surface area contributed by atoms with Crippen molar-refractivity contribution in [3.8, 4) is 22.3 Å². The third-order valence-electron chi connectivity index (χ3n) is 15.2. The molecule has 2 aliphatic rings. The van der Waals surface area contributed by atoms with Gasteiger partial charge in [0.05, 0.1) is 11.7 Å². The molecule has 0 bridgehead atoms. The second-order valence-electron chi connectivity index (χ2n) is 19.6. The average molecular weight is 959 g/mol. The monoisotopic (exact) mass is 958 g/mol. The second-order valence-corrected chi connectivity index (χ2v) is 21.7. The molecule has 2 heterocycles. The highest BCUT2D eigenvalue weighted by Gasteiger charge is 2.33. The van der Waals surface area contributed by atoms with Gasteiger partial charge in [0.2, 0.25) is 0 Å². The van der Waals surface area contributed by atoms with Gasteiger partial charge in [0.1, 0.15) is 0 Å². The third-order valence-corrected chi connectivity index (χ3v) is 17.6. The molecule has 2 nitrogen and oxygen atoms in total. The number of hydrogen-bond donors (Lipinski definition) is 0. The molecule has 0 aliphatic heterocycles. The van der Waals surface area contributed by atoms with E-state index in [1.54, 1.807) is 0 Å². The first-order valence-electron chi connectivity index (χ1n) is 25.2. The number of rotatable bonds is 8. The predicted molar refractivity (Wildman–Crippen MR) is 311 cm³/mol. The van der Waals surface area contributed by atoms with Gasteiger partial charge in [-0.3, -0.25) is 0 Å². The summed E-state index contributed by atoms with van der Waals surface area (Å²) in [7, 11) is 0. The lowest BCUT2D eigenvalue weighted by Gasteiger charge is -2.40. The molecule has 0 amide bonds. The van der Waals surface area contributed by atoms with Crippen LogP contribution in [0.3, 0.4) is 0 Å². The Morgan fingerprint density at radius 3 is 1.83 bits per heavy atom. The number of anilines is 5. The molecule has 2 aromatic heterocycles. The van der Waals surface area contributed by atoms with E-state index >= 15 is 0 Å². The fraction of sp³-hybridized carbons (Fsp3) is 0.0882. The highest BCUT2D eigenvalue weighted by molar-refractivity contribution is 7.26. The Labute approximate surface area is 428 Å². The fourth-order valence-electron chi connectivity index (χ4n) is 12.0. The minimum absolute atomic E-state index is 0.0215. The summed E-state index contributed by atoms with van der Waals surface area (Å²) >= 11 is 3.83. The van der Waals surface area contributed by atoms with E-state index in [0.717, 1.165) is 30.6 Å². The van der Waals surface area contributed by atoms with E-state index in [1.807, 2.05) is 22.7 Å². The van der Waals surface area contributed by atoms with Gasteiger partial charge >= 0.3 is 0 Å². The zero-order chi connectivity index (χ0) is 47.9. The third kappa shape index (κ3) is 7.12. The summed E-state index contributed by atoms with van der Waals surface area (Å²) in [6.45, 7) is 4.42. The van der Waals surface area contributed by atoms with Crippen LogP contribution in [0.2, 0.25) is 0 Å². The number of aryl methyl sites for hydroxylation is 2. The zero-order valence-corrected chi connectivity index (χ0v) is 41.9. The number of fused-ring (bicyclic) bond motifs is 11. The highest BCUT2D eigenvalue weighted by atomic mass is 32.1. The van der Waals surface area contributed by atoms with E-state index < -0.39 is 0 Å². The summed E-state index contributed by atoms with van der Waals surface area (Å²) < 4.78 is 5.42. The van der Waals surface area contributed by atoms with Crippen molar-refractivity contribution in [2.24, 2.45) is 0 Å². The van der Waals surface area contributed by atoms with Crippen LogP contribution in [0.25, 0.3) is 74.9 Å². The molecule has 0 saturated heterocycles. The maximum Gasteiger partial charge on any atom is 0.0638 e. The van der Waals surface area contributed by atoms with Crippen LogP contribution in [-0.4, -0.2) is 0 Å². The number of hydrogen-bond acceptors (Lipinski definition) is 4. The molecule has 4 heteroatoms. The van der Waals surface area contributed by atoms with E-state index in [2.05, 4.69) is 248 Å². The molecule has 1 atom stereocenters. The van der Waals surface area contributed by atoms with Gasteiger partial charge in [-0.05, 0) is 171 Å². The van der Waals surface area contributed by atoms with E-state index in [9.17, 15) is 0 Å². The molecule has 72 heavy (non-hydrogen) atoms. The SMILES string of the molecule is Cc1cccc(N(c2cccc(C3=c4sc5ccccc5c4=CCC3)c2)c2cc3c(c4ccccc24)CC(N(c2cccc(C)c2)c2cccc(-c4cccc5c4sc4ccccc45)c2)c2ccccc2-3)c1. The molecule has 14 rings (SSSR count). The summed E-state index contributed by atoms with van der Waals surface area (Å²) in [4.78, 5) is 5.15. The molecular formula is C68H50N2S2. The van der Waals surface area contributed by atoms with E-state index in [0.29, 0.717) is 0 Å². The minimum atomic E-state index is 0.0215. The van der Waals surface area contributed by atoms with Crippen molar-refractivity contribution in [1.82, 2.24) is 0 Å². The molecule has 10 aromatic carbocycles. The van der Waals surface area contributed by atoms with Crippen LogP contribution in [0.4, 0.5) is 28.4 Å². The molecule has 344 valence electrons. The maximum absolute atomic E-state index is 2.62. The molecule has 0 N–H and O–H groups in total. The van der Waals surface area contributed by atoms with Gasteiger partial charge < -0.3 is 9.80 Å². The van der Waals surface area contributed by atoms with E-state index in [4.69, 9.17) is 0 Å². The fourth-order valence-corrected chi connectivity index (χ4v) is 14.5. The summed E-state index contributed by atoms with van der Waals surface area (Å²) in [5, 5.41) is 7.94. The standard InChI is InChI=1S/C68H50N2S2/c1-43-17-11-21-47(37-43)69(49-23-13-19-45(39-49)51-31-15-33-59-57-29-7-9-35-65(57)71-67(51)59)63-41-61-54-26-4-6-28-56(54)64(42-62(61)53-25-3-5-27-55(53)63)70(48-22-12-18-44(2)38-48)50-24-14-20-46(40-50)52-32-16-34-60-58-30-8-10-36-66(58)72-68(52)60/h3-15,17-31,33-40,42,63H,16,32,41H2,1-2H3. The second kappa shape index (κ2) is 17.4. The zero-order valence-electron chi connectivity index (χ0n) is 40.3. The van der Waals surface area contributed by atoms with Gasteiger partial charge in [0, 0.05) is 57.5 Å². The molecule has 0 fully saturated rings. The van der Waals surface area contributed by atoms with E-state index in [-0.39, 0.29) is 6.04 Å². The molecule has 12 aromatic rings. The summed E-state index contributed by atoms with van der Waals surface area (Å²) in [5.41, 5.74) is 18.9. The summed E-state index contributed by atoms with van der Waals surface area (Å²) in [6, 6.07) is 82.2. The minimum Gasteiger partial charge on any atom is -0.334 e. The summed E-state index contributed by atoms with van der Waals surface area (Å²) in [5.74, 6) is 0. The Bertz CT molecular complexity index is 4270. The van der Waals surface area contributed by atoms with Crippen molar-refractivity contribution in [2.45, 2.75) is 39.2 Å². The van der Waals surface area contributed by atoms with Crippen LogP contribution in [0, 0.1) is 13.8 Å². The first kappa shape index (κ1) is 42.8. The average Bonchev–Trinajstić information content (AvgIpc) is 4.01. The van der Waals surface area contributed by atoms with E-state index in [1.165, 1.54) is 123 Å². The van der Waals surface area contributed by atoms with Crippen LogP contribution in [0.1, 0.15) is 46.7 Å². The van der Waals surface area contributed by atoms with Crippen LogP contribution in [-0.2, 0) is 6.42 Å². The number of thiophene rings is 2. The highest BCUT2D eigenvalue weighted by Crippen LogP contribution is 2.52. The Kier molecular flexibility index (Phi) is 10.3. The molecule has 1 unspecified atom stereocenters. The first-order valence-corrected chi connectivity index (χ1v) is 26.8. The van der Waals surface area contributed by atoms with Crippen molar-refractivity contribution < 1.29 is 0 Å². The molecule has 2 aliphatic carbocycles. The summed E-state index contributed by atoms with van der Waals surface area (Å²) in [6.07, 6.45) is 5.36. The molecule has 0 spiro atoms. The Hall–Kier alpha value is -8.02. The maximum atomic E-state index is 2.62. The quantitative estimate of drug-likeness (QED) is 0.150. The van der Waals surface area contributed by atoms with Gasteiger partial charge in [0.25, 0.3) is 0 Å². The van der Waals surface area contributed by atoms with Crippen LogP contribution < -0.4 is 19.6 Å². The number of nitrogens with zero attached hydrogens (tertiary/aromatic N) is 2. The Morgan fingerprint density at radius 1 is 0.444 bits per heavy atom. The van der Waals surface area contributed by atoms with Gasteiger partial charge in [-0.2, -0.15) is 0 Å². The molecular weight excluding hydrogens is 909 g/mol. The van der Waals surface area contributed by atoms with Crippen LogP contribution >= 0.6 is 22.7 Å². The van der Waals surface area contributed by atoms with Crippen molar-refractivity contribution >= 4 is 104 Å².